The molecule has 3 aromatic carbocycles. The van der Waals surface area contributed by atoms with Gasteiger partial charge in [0.2, 0.25) is 0 Å². The molecular formula is C32H33N3O4. The molecule has 4 rings (SSSR count). The van der Waals surface area contributed by atoms with Crippen LogP contribution in [0.1, 0.15) is 27.9 Å². The minimum absolute atomic E-state index is 0.0956. The van der Waals surface area contributed by atoms with Gasteiger partial charge in [0, 0.05) is 43.9 Å². The van der Waals surface area contributed by atoms with Gasteiger partial charge in [0.25, 0.3) is 0 Å². The normalized spacial score (nSPS) is 10.5. The molecule has 1 aromatic heterocycles. The maximum Gasteiger partial charge on any atom is 0.196 e. The Hall–Kier alpha value is -4.83. The summed E-state index contributed by atoms with van der Waals surface area (Å²) in [6, 6.07) is 20.3. The van der Waals surface area contributed by atoms with Crippen LogP contribution in [-0.4, -0.2) is 56.4 Å². The fourth-order valence-electron chi connectivity index (χ4n) is 4.01. The number of aromatic nitrogens is 1. The predicted octanol–water partition coefficient (Wildman–Crippen LogP) is 6.18. The third kappa shape index (κ3) is 7.36. The summed E-state index contributed by atoms with van der Waals surface area (Å²) >= 11 is 0. The minimum atomic E-state index is -0.0956. The lowest BCUT2D eigenvalue weighted by Gasteiger charge is -2.16. The lowest BCUT2D eigenvalue weighted by molar-refractivity contribution is 0.103. The Labute approximate surface area is 230 Å². The van der Waals surface area contributed by atoms with E-state index < -0.39 is 0 Å². The van der Waals surface area contributed by atoms with E-state index in [2.05, 4.69) is 22.8 Å². The summed E-state index contributed by atoms with van der Waals surface area (Å²) in [7, 11) is 5.33. The standard InChI is InChI=1S/C30H31N3O4.C2H2/c1-21-11-12-26(24(17-21)30(34)22-9-6-5-7-10-22)37-27-13-14-32-25-19-29(28(35-4)18-23(25)27)36-16-8-15-33(3)20-31-2;1-2/h5-7,9-14,17-20H,8,15-16H2,1-4H3;1-2H. The number of fused-ring (bicyclic) bond motifs is 1. The van der Waals surface area contributed by atoms with Crippen LogP contribution >= 0.6 is 0 Å². The van der Waals surface area contributed by atoms with E-state index in [0.29, 0.717) is 46.2 Å². The molecule has 0 saturated heterocycles. The summed E-state index contributed by atoms with van der Waals surface area (Å²) in [5.74, 6) is 2.15. The molecule has 0 amide bonds. The van der Waals surface area contributed by atoms with Crippen LogP contribution < -0.4 is 14.2 Å². The molecule has 200 valence electrons. The Morgan fingerprint density at radius 3 is 2.49 bits per heavy atom. The first-order chi connectivity index (χ1) is 19.0. The Balaban J connectivity index is 0.00000205. The van der Waals surface area contributed by atoms with Crippen LogP contribution in [0.25, 0.3) is 10.9 Å². The molecule has 0 radical (unpaired) electrons. The summed E-state index contributed by atoms with van der Waals surface area (Å²) < 4.78 is 18.0. The van der Waals surface area contributed by atoms with Crippen molar-refractivity contribution in [2.45, 2.75) is 13.3 Å². The number of aryl methyl sites for hydroxylation is 1. The molecule has 0 atom stereocenters. The molecule has 0 fully saturated rings. The van der Waals surface area contributed by atoms with Crippen molar-refractivity contribution in [3.05, 3.63) is 89.6 Å². The molecule has 0 aliphatic heterocycles. The number of methoxy groups -OCH3 is 1. The van der Waals surface area contributed by atoms with Gasteiger partial charge in [-0.3, -0.25) is 14.8 Å². The number of terminal acetylenes is 1. The number of hydrogen-bond donors (Lipinski definition) is 0. The number of ether oxygens (including phenoxy) is 3. The highest BCUT2D eigenvalue weighted by molar-refractivity contribution is 6.11. The molecule has 0 unspecified atom stereocenters. The van der Waals surface area contributed by atoms with Gasteiger partial charge < -0.3 is 19.1 Å². The second kappa shape index (κ2) is 14.2. The van der Waals surface area contributed by atoms with Crippen LogP contribution in [0.5, 0.6) is 23.0 Å². The first-order valence-corrected chi connectivity index (χ1v) is 12.4. The van der Waals surface area contributed by atoms with Gasteiger partial charge in [-0.05, 0) is 37.6 Å². The lowest BCUT2D eigenvalue weighted by atomic mass is 10.0. The molecular weight excluding hydrogens is 490 g/mol. The third-order valence-corrected chi connectivity index (χ3v) is 5.85. The van der Waals surface area contributed by atoms with Gasteiger partial charge in [-0.2, -0.15) is 0 Å². The van der Waals surface area contributed by atoms with E-state index in [9.17, 15) is 4.79 Å². The number of rotatable bonds is 11. The fourth-order valence-corrected chi connectivity index (χ4v) is 4.01. The van der Waals surface area contributed by atoms with E-state index in [-0.39, 0.29) is 5.78 Å². The van der Waals surface area contributed by atoms with Gasteiger partial charge in [-0.25, -0.2) is 0 Å². The highest BCUT2D eigenvalue weighted by Gasteiger charge is 2.18. The number of carbonyl (C=O) groups excluding carboxylic acids is 1. The number of pyridine rings is 1. The number of benzene rings is 3. The maximum atomic E-state index is 13.3. The van der Waals surface area contributed by atoms with Crippen molar-refractivity contribution in [3.63, 3.8) is 0 Å². The zero-order valence-corrected chi connectivity index (χ0v) is 22.8. The Bertz CT molecular complexity index is 1450. The van der Waals surface area contributed by atoms with E-state index >= 15 is 0 Å². The smallest absolute Gasteiger partial charge is 0.196 e. The number of nitrogens with zero attached hydrogens (tertiary/aromatic N) is 3. The van der Waals surface area contributed by atoms with Crippen LogP contribution in [0.3, 0.4) is 0 Å². The second-order valence-electron chi connectivity index (χ2n) is 8.68. The maximum absolute atomic E-state index is 13.3. The molecule has 0 saturated carbocycles. The Morgan fingerprint density at radius 2 is 1.77 bits per heavy atom. The van der Waals surface area contributed by atoms with Gasteiger partial charge in [0.05, 0.1) is 31.1 Å². The van der Waals surface area contributed by atoms with Crippen LogP contribution in [0.4, 0.5) is 0 Å². The van der Waals surface area contributed by atoms with Crippen molar-refractivity contribution in [2.24, 2.45) is 4.99 Å². The Kier molecular flexibility index (Phi) is 10.5. The highest BCUT2D eigenvalue weighted by atomic mass is 16.5. The molecule has 0 aliphatic carbocycles. The molecule has 0 spiro atoms. The number of hydrogen-bond acceptors (Lipinski definition) is 6. The fraction of sp³-hybridized carbons (Fsp3) is 0.219. The van der Waals surface area contributed by atoms with Crippen molar-refractivity contribution >= 4 is 23.0 Å². The zero-order chi connectivity index (χ0) is 28.2. The highest BCUT2D eigenvalue weighted by Crippen LogP contribution is 2.38. The van der Waals surface area contributed by atoms with E-state index in [1.807, 2.05) is 67.4 Å². The van der Waals surface area contributed by atoms with Gasteiger partial charge in [-0.15, -0.1) is 12.8 Å². The molecule has 0 bridgehead atoms. The van der Waals surface area contributed by atoms with Crippen molar-refractivity contribution in [3.8, 4) is 35.8 Å². The molecule has 0 aliphatic rings. The van der Waals surface area contributed by atoms with Crippen molar-refractivity contribution in [1.82, 2.24) is 9.88 Å². The van der Waals surface area contributed by atoms with Crippen molar-refractivity contribution in [2.75, 3.05) is 34.4 Å². The summed E-state index contributed by atoms with van der Waals surface area (Å²) in [6.45, 7) is 3.30. The monoisotopic (exact) mass is 523 g/mol. The van der Waals surface area contributed by atoms with Crippen LogP contribution in [0.2, 0.25) is 0 Å². The third-order valence-electron chi connectivity index (χ3n) is 5.85. The van der Waals surface area contributed by atoms with Crippen molar-refractivity contribution in [1.29, 1.82) is 0 Å². The first kappa shape index (κ1) is 28.7. The molecule has 1 heterocycles. The lowest BCUT2D eigenvalue weighted by Crippen LogP contribution is -2.19. The van der Waals surface area contributed by atoms with Crippen LogP contribution in [0.15, 0.2) is 77.9 Å². The van der Waals surface area contributed by atoms with Gasteiger partial charge in [0.1, 0.15) is 11.5 Å². The van der Waals surface area contributed by atoms with E-state index in [1.165, 1.54) is 0 Å². The summed E-state index contributed by atoms with van der Waals surface area (Å²) in [5, 5.41) is 0.754. The average molecular weight is 524 g/mol. The predicted molar refractivity (Wildman–Crippen MR) is 156 cm³/mol. The van der Waals surface area contributed by atoms with Crippen LogP contribution in [-0.2, 0) is 0 Å². The van der Waals surface area contributed by atoms with E-state index in [1.54, 1.807) is 44.9 Å². The number of aliphatic imine (C=N–C) groups is 1. The molecule has 0 N–H and O–H groups in total. The quantitative estimate of drug-likeness (QED) is 0.0768. The molecule has 4 aromatic rings. The number of carbonyl (C=O) groups is 1. The summed E-state index contributed by atoms with van der Waals surface area (Å²) in [4.78, 5) is 23.8. The van der Waals surface area contributed by atoms with E-state index in [0.717, 1.165) is 23.9 Å². The first-order valence-electron chi connectivity index (χ1n) is 12.4. The zero-order valence-electron chi connectivity index (χ0n) is 22.8. The number of ketones is 1. The van der Waals surface area contributed by atoms with Gasteiger partial charge >= 0.3 is 0 Å². The molecule has 7 heteroatoms. The van der Waals surface area contributed by atoms with Crippen LogP contribution in [0, 0.1) is 19.8 Å². The van der Waals surface area contributed by atoms with Crippen molar-refractivity contribution < 1.29 is 19.0 Å². The Morgan fingerprint density at radius 1 is 1.00 bits per heavy atom. The second-order valence-corrected chi connectivity index (χ2v) is 8.68. The average Bonchev–Trinajstić information content (AvgIpc) is 2.97. The van der Waals surface area contributed by atoms with E-state index in [4.69, 9.17) is 14.2 Å². The topological polar surface area (TPSA) is 73.3 Å². The SMILES string of the molecule is C#C.CN=CN(C)CCCOc1cc2nccc(Oc3ccc(C)cc3C(=O)c3ccccc3)c2cc1OC. The summed E-state index contributed by atoms with van der Waals surface area (Å²) in [5.41, 5.74) is 2.78. The van der Waals surface area contributed by atoms with Gasteiger partial charge in [0.15, 0.2) is 17.3 Å². The van der Waals surface area contributed by atoms with Gasteiger partial charge in [-0.1, -0.05) is 42.0 Å². The molecule has 39 heavy (non-hydrogen) atoms. The minimum Gasteiger partial charge on any atom is -0.493 e. The largest absolute Gasteiger partial charge is 0.493 e. The molecule has 7 nitrogen and oxygen atoms in total. The summed E-state index contributed by atoms with van der Waals surface area (Å²) in [6.07, 6.45) is 12.3.